The van der Waals surface area contributed by atoms with E-state index < -0.39 is 5.82 Å². The fourth-order valence-electron chi connectivity index (χ4n) is 6.88. The van der Waals surface area contributed by atoms with Gasteiger partial charge in [-0.3, -0.25) is 9.69 Å². The molecule has 0 unspecified atom stereocenters. The van der Waals surface area contributed by atoms with Crippen LogP contribution in [0.3, 0.4) is 0 Å². The molecule has 2 aliphatic heterocycles. The molecule has 1 amide bonds. The molecule has 4 nitrogen and oxygen atoms in total. The number of benzene rings is 2. The van der Waals surface area contributed by atoms with Crippen molar-refractivity contribution in [3.63, 3.8) is 0 Å². The second kappa shape index (κ2) is 12.7. The Hall–Kier alpha value is -1.66. The lowest BCUT2D eigenvalue weighted by atomic mass is 9.71. The van der Waals surface area contributed by atoms with Gasteiger partial charge in [0.2, 0.25) is 5.91 Å². The zero-order valence-electron chi connectivity index (χ0n) is 22.3. The van der Waals surface area contributed by atoms with Crippen molar-refractivity contribution in [1.82, 2.24) is 14.7 Å². The smallest absolute Gasteiger partial charge is 0.227 e. The fraction of sp³-hybridized carbons (Fsp3) is 0.581. The molecule has 3 fully saturated rings. The summed E-state index contributed by atoms with van der Waals surface area (Å²) in [5.41, 5.74) is 1.32. The van der Waals surface area contributed by atoms with Crippen molar-refractivity contribution in [3.8, 4) is 0 Å². The summed E-state index contributed by atoms with van der Waals surface area (Å²) in [5.74, 6) is -0.486. The first-order valence-corrected chi connectivity index (χ1v) is 15.1. The fourth-order valence-corrected chi connectivity index (χ4v) is 7.30. The van der Waals surface area contributed by atoms with Gasteiger partial charge < -0.3 is 9.80 Å². The van der Waals surface area contributed by atoms with Gasteiger partial charge in [-0.1, -0.05) is 60.7 Å². The highest BCUT2D eigenvalue weighted by Gasteiger charge is 2.39. The summed E-state index contributed by atoms with van der Waals surface area (Å²) in [6.07, 6.45) is 9.77. The second-order valence-corrected chi connectivity index (χ2v) is 12.3. The number of amides is 1. The van der Waals surface area contributed by atoms with Crippen LogP contribution < -0.4 is 0 Å². The van der Waals surface area contributed by atoms with Crippen LogP contribution in [0.5, 0.6) is 0 Å². The molecule has 1 aliphatic carbocycles. The van der Waals surface area contributed by atoms with Gasteiger partial charge in [-0.05, 0) is 68.5 Å². The SMILES string of the molecule is O=C(Cc1c(F)cccc1Cl)N1CCC[C@](CCN2CCN(C3CCCCC3)CC2)(c2cccc(Cl)c2)C1. The minimum Gasteiger partial charge on any atom is -0.342 e. The number of hydrogen-bond acceptors (Lipinski definition) is 3. The second-order valence-electron chi connectivity index (χ2n) is 11.5. The zero-order chi connectivity index (χ0) is 26.5. The number of halogens is 3. The molecule has 5 rings (SSSR count). The van der Waals surface area contributed by atoms with Gasteiger partial charge in [0.25, 0.3) is 0 Å². The number of piperidine rings is 1. The molecule has 7 heteroatoms. The van der Waals surface area contributed by atoms with Crippen molar-refractivity contribution in [2.24, 2.45) is 0 Å². The maximum atomic E-state index is 14.4. The molecule has 0 N–H and O–H groups in total. The minimum atomic E-state index is -0.420. The first-order chi connectivity index (χ1) is 18.4. The van der Waals surface area contributed by atoms with Crippen LogP contribution in [0.2, 0.25) is 10.0 Å². The number of rotatable bonds is 7. The summed E-state index contributed by atoms with van der Waals surface area (Å²) < 4.78 is 14.4. The van der Waals surface area contributed by atoms with Crippen LogP contribution in [0.1, 0.15) is 62.5 Å². The van der Waals surface area contributed by atoms with Crippen molar-refractivity contribution in [2.75, 3.05) is 45.8 Å². The third-order valence-electron chi connectivity index (χ3n) is 9.16. The Bertz CT molecular complexity index is 1080. The Labute approximate surface area is 237 Å². The predicted molar refractivity (Wildman–Crippen MR) is 154 cm³/mol. The lowest BCUT2D eigenvalue weighted by Crippen LogP contribution is -2.53. The molecule has 1 atom stereocenters. The van der Waals surface area contributed by atoms with Crippen molar-refractivity contribution >= 4 is 29.1 Å². The Kier molecular flexibility index (Phi) is 9.30. The predicted octanol–water partition coefficient (Wildman–Crippen LogP) is 6.58. The van der Waals surface area contributed by atoms with Crippen molar-refractivity contribution in [1.29, 1.82) is 0 Å². The van der Waals surface area contributed by atoms with Gasteiger partial charge in [-0.2, -0.15) is 0 Å². The van der Waals surface area contributed by atoms with E-state index in [1.807, 2.05) is 17.0 Å². The Morgan fingerprint density at radius 2 is 1.71 bits per heavy atom. The summed E-state index contributed by atoms with van der Waals surface area (Å²) in [4.78, 5) is 20.7. The van der Waals surface area contributed by atoms with E-state index >= 15 is 0 Å². The van der Waals surface area contributed by atoms with Gasteiger partial charge in [0.15, 0.2) is 0 Å². The van der Waals surface area contributed by atoms with E-state index in [1.165, 1.54) is 43.7 Å². The highest BCUT2D eigenvalue weighted by Crippen LogP contribution is 2.39. The van der Waals surface area contributed by atoms with E-state index in [9.17, 15) is 9.18 Å². The van der Waals surface area contributed by atoms with Gasteiger partial charge in [0.05, 0.1) is 6.42 Å². The van der Waals surface area contributed by atoms with E-state index in [1.54, 1.807) is 12.1 Å². The molecule has 0 bridgehead atoms. The minimum absolute atomic E-state index is 0.0136. The molecule has 0 aromatic heterocycles. The number of carbonyl (C=O) groups excluding carboxylic acids is 1. The third kappa shape index (κ3) is 6.55. The molecule has 3 aliphatic rings. The van der Waals surface area contributed by atoms with Crippen molar-refractivity contribution < 1.29 is 9.18 Å². The summed E-state index contributed by atoms with van der Waals surface area (Å²) in [7, 11) is 0. The van der Waals surface area contributed by atoms with Gasteiger partial charge >= 0.3 is 0 Å². The zero-order valence-corrected chi connectivity index (χ0v) is 23.8. The average Bonchev–Trinajstić information content (AvgIpc) is 2.95. The summed E-state index contributed by atoms with van der Waals surface area (Å²) >= 11 is 12.7. The van der Waals surface area contributed by atoms with Gasteiger partial charge in [0, 0.05) is 66.3 Å². The first kappa shape index (κ1) is 27.9. The van der Waals surface area contributed by atoms with E-state index in [0.29, 0.717) is 18.1 Å². The van der Waals surface area contributed by atoms with Crippen LogP contribution in [0.15, 0.2) is 42.5 Å². The van der Waals surface area contributed by atoms with Gasteiger partial charge in [-0.15, -0.1) is 0 Å². The molecule has 0 spiro atoms. The Morgan fingerprint density at radius 3 is 2.45 bits per heavy atom. The molecule has 2 aromatic carbocycles. The molecular weight excluding hydrogens is 520 g/mol. The number of carbonyl (C=O) groups is 1. The lowest BCUT2D eigenvalue weighted by molar-refractivity contribution is -0.133. The molecule has 2 saturated heterocycles. The third-order valence-corrected chi connectivity index (χ3v) is 9.75. The Balaban J connectivity index is 1.27. The summed E-state index contributed by atoms with van der Waals surface area (Å²) in [5, 5.41) is 1.04. The van der Waals surface area contributed by atoms with Crippen LogP contribution in [0, 0.1) is 5.82 Å². The van der Waals surface area contributed by atoms with Crippen LogP contribution >= 0.6 is 23.2 Å². The van der Waals surface area contributed by atoms with Crippen molar-refractivity contribution in [3.05, 3.63) is 69.5 Å². The summed E-state index contributed by atoms with van der Waals surface area (Å²) in [6.45, 7) is 6.85. The largest absolute Gasteiger partial charge is 0.342 e. The van der Waals surface area contributed by atoms with Gasteiger partial charge in [-0.25, -0.2) is 4.39 Å². The Morgan fingerprint density at radius 1 is 0.947 bits per heavy atom. The molecule has 206 valence electrons. The normalized spacial score (nSPS) is 24.0. The first-order valence-electron chi connectivity index (χ1n) is 14.4. The highest BCUT2D eigenvalue weighted by atomic mass is 35.5. The topological polar surface area (TPSA) is 26.8 Å². The average molecular weight is 561 g/mol. The van der Waals surface area contributed by atoms with Crippen LogP contribution in [0.4, 0.5) is 4.39 Å². The molecule has 0 radical (unpaired) electrons. The number of hydrogen-bond donors (Lipinski definition) is 0. The van der Waals surface area contributed by atoms with Crippen LogP contribution in [-0.4, -0.2) is 72.5 Å². The van der Waals surface area contributed by atoms with E-state index in [-0.39, 0.29) is 23.3 Å². The van der Waals surface area contributed by atoms with Crippen LogP contribution in [0.25, 0.3) is 0 Å². The monoisotopic (exact) mass is 559 g/mol. The lowest BCUT2D eigenvalue weighted by Gasteiger charge is -2.46. The molecule has 2 aromatic rings. The standard InChI is InChI=1S/C31H40Cl2FN3O/c32-25-8-4-7-24(21-25)31(14-16-35-17-19-36(20-18-35)26-9-2-1-3-10-26)13-6-15-37(23-31)30(38)22-27-28(33)11-5-12-29(27)34/h4-5,7-8,11-12,21,26H,1-3,6,9-10,13-20,22-23H2/t31-/m1/s1. The molecule has 2 heterocycles. The van der Waals surface area contributed by atoms with Gasteiger partial charge in [0.1, 0.15) is 5.82 Å². The molecular formula is C31H40Cl2FN3O. The highest BCUT2D eigenvalue weighted by molar-refractivity contribution is 6.31. The number of piperazine rings is 1. The quantitative estimate of drug-likeness (QED) is 0.383. The van der Waals surface area contributed by atoms with E-state index in [2.05, 4.69) is 21.9 Å². The number of likely N-dealkylation sites (tertiary alicyclic amines) is 1. The maximum Gasteiger partial charge on any atom is 0.227 e. The molecule has 38 heavy (non-hydrogen) atoms. The van der Waals surface area contributed by atoms with Crippen molar-refractivity contribution in [2.45, 2.75) is 69.2 Å². The van der Waals surface area contributed by atoms with E-state index in [0.717, 1.165) is 63.1 Å². The molecule has 1 saturated carbocycles. The summed E-state index contributed by atoms with van der Waals surface area (Å²) in [6, 6.07) is 13.5. The number of nitrogens with zero attached hydrogens (tertiary/aromatic N) is 3. The maximum absolute atomic E-state index is 14.4. The van der Waals surface area contributed by atoms with E-state index in [4.69, 9.17) is 23.2 Å². The van der Waals surface area contributed by atoms with Crippen LogP contribution in [-0.2, 0) is 16.6 Å².